The second-order valence-electron chi connectivity index (χ2n) is 7.58. The summed E-state index contributed by atoms with van der Waals surface area (Å²) in [6, 6.07) is 7.55. The normalized spacial score (nSPS) is 13.1. The molecule has 0 saturated carbocycles. The van der Waals surface area contributed by atoms with Gasteiger partial charge in [-0.05, 0) is 59.2 Å². The van der Waals surface area contributed by atoms with Gasteiger partial charge in [-0.25, -0.2) is 0 Å². The van der Waals surface area contributed by atoms with Gasteiger partial charge in [0.15, 0.2) is 5.96 Å². The first-order chi connectivity index (χ1) is 12.2. The number of halogens is 1. The quantitative estimate of drug-likeness (QED) is 0.185. The lowest BCUT2D eigenvalue weighted by atomic mass is 10.1. The molecule has 0 aliphatic rings. The fourth-order valence-corrected chi connectivity index (χ4v) is 2.31. The number of rotatable bonds is 9. The lowest BCUT2D eigenvalue weighted by Crippen LogP contribution is -2.44. The van der Waals surface area contributed by atoms with Crippen LogP contribution in [-0.4, -0.2) is 48.9 Å². The van der Waals surface area contributed by atoms with Crippen molar-refractivity contribution in [2.75, 3.05) is 26.2 Å². The van der Waals surface area contributed by atoms with Crippen LogP contribution in [0, 0.1) is 0 Å². The molecule has 7 heteroatoms. The molecule has 0 spiro atoms. The molecule has 0 amide bonds. The van der Waals surface area contributed by atoms with Gasteiger partial charge in [0.05, 0.1) is 18.8 Å². The third kappa shape index (κ3) is 12.1. The average molecular weight is 492 g/mol. The molecule has 0 aromatic heterocycles. The van der Waals surface area contributed by atoms with Gasteiger partial charge in [0.25, 0.3) is 0 Å². The summed E-state index contributed by atoms with van der Waals surface area (Å²) >= 11 is 0. The van der Waals surface area contributed by atoms with E-state index in [2.05, 4.69) is 41.7 Å². The summed E-state index contributed by atoms with van der Waals surface area (Å²) in [4.78, 5) is 4.49. The van der Waals surface area contributed by atoms with Gasteiger partial charge >= 0.3 is 0 Å². The van der Waals surface area contributed by atoms with Crippen molar-refractivity contribution in [2.24, 2.45) is 4.99 Å². The Morgan fingerprint density at radius 2 is 1.89 bits per heavy atom. The van der Waals surface area contributed by atoms with Crippen LogP contribution in [0.25, 0.3) is 0 Å². The van der Waals surface area contributed by atoms with Gasteiger partial charge in [-0.2, -0.15) is 0 Å². The largest absolute Gasteiger partial charge is 0.491 e. The smallest absolute Gasteiger partial charge is 0.191 e. The van der Waals surface area contributed by atoms with Crippen LogP contribution in [0.2, 0.25) is 0 Å². The Labute approximate surface area is 181 Å². The number of nitrogens with zero attached hydrogens (tertiary/aromatic N) is 1. The molecule has 0 saturated heterocycles. The van der Waals surface area contributed by atoms with Crippen LogP contribution < -0.4 is 20.7 Å². The van der Waals surface area contributed by atoms with E-state index in [1.807, 2.05) is 45.0 Å². The number of aliphatic imine (C=N–C) groups is 1. The molecule has 1 aromatic rings. The average Bonchev–Trinajstić information content (AvgIpc) is 2.54. The molecule has 156 valence electrons. The van der Waals surface area contributed by atoms with Crippen LogP contribution in [0.5, 0.6) is 5.75 Å². The number of ether oxygens (including phenoxy) is 1. The minimum atomic E-state index is -0.672. The summed E-state index contributed by atoms with van der Waals surface area (Å²) in [5, 5.41) is 20.3. The number of guanidine groups is 1. The molecule has 1 rings (SSSR count). The number of nitrogens with one attached hydrogen (secondary N) is 3. The first-order valence-electron chi connectivity index (χ1n) is 9.43. The third-order valence-electron chi connectivity index (χ3n) is 3.45. The van der Waals surface area contributed by atoms with E-state index in [-0.39, 0.29) is 42.2 Å². The van der Waals surface area contributed by atoms with Crippen molar-refractivity contribution in [3.63, 3.8) is 0 Å². The van der Waals surface area contributed by atoms with E-state index < -0.39 is 6.10 Å². The summed E-state index contributed by atoms with van der Waals surface area (Å²) in [5.74, 6) is 1.47. The lowest BCUT2D eigenvalue weighted by Gasteiger charge is -2.21. The molecular weight excluding hydrogens is 455 g/mol. The van der Waals surface area contributed by atoms with Gasteiger partial charge < -0.3 is 25.8 Å². The molecule has 27 heavy (non-hydrogen) atoms. The fourth-order valence-electron chi connectivity index (χ4n) is 2.31. The highest BCUT2D eigenvalue weighted by Gasteiger charge is 2.10. The molecule has 0 fully saturated rings. The molecule has 6 nitrogen and oxygen atoms in total. The van der Waals surface area contributed by atoms with E-state index in [1.54, 1.807) is 0 Å². The van der Waals surface area contributed by atoms with Crippen molar-refractivity contribution in [3.8, 4) is 5.75 Å². The molecule has 1 aromatic carbocycles. The van der Waals surface area contributed by atoms with E-state index in [4.69, 9.17) is 4.74 Å². The summed E-state index contributed by atoms with van der Waals surface area (Å²) in [7, 11) is 0. The Hall–Kier alpha value is -1.06. The first kappa shape index (κ1) is 25.9. The lowest BCUT2D eigenvalue weighted by molar-refractivity contribution is 0.185. The zero-order chi connectivity index (χ0) is 19.6. The second kappa shape index (κ2) is 13.2. The predicted octanol–water partition coefficient (Wildman–Crippen LogP) is 3.07. The zero-order valence-electron chi connectivity index (χ0n) is 17.5. The molecule has 4 N–H and O–H groups in total. The topological polar surface area (TPSA) is 77.9 Å². The van der Waals surface area contributed by atoms with E-state index in [0.717, 1.165) is 30.9 Å². The van der Waals surface area contributed by atoms with E-state index >= 15 is 0 Å². The van der Waals surface area contributed by atoms with Gasteiger partial charge in [0.2, 0.25) is 0 Å². The molecule has 0 aliphatic carbocycles. The van der Waals surface area contributed by atoms with E-state index in [1.165, 1.54) is 0 Å². The van der Waals surface area contributed by atoms with Gasteiger partial charge in [-0.1, -0.05) is 12.1 Å². The van der Waals surface area contributed by atoms with Crippen molar-refractivity contribution in [2.45, 2.75) is 59.3 Å². The van der Waals surface area contributed by atoms with Gasteiger partial charge in [-0.3, -0.25) is 4.99 Å². The Kier molecular flexibility index (Phi) is 12.7. The maximum Gasteiger partial charge on any atom is 0.191 e. The Morgan fingerprint density at radius 3 is 2.48 bits per heavy atom. The third-order valence-corrected chi connectivity index (χ3v) is 3.45. The van der Waals surface area contributed by atoms with Gasteiger partial charge in [0.1, 0.15) is 5.75 Å². The maximum atomic E-state index is 10.4. The van der Waals surface area contributed by atoms with Crippen LogP contribution in [0.1, 0.15) is 53.2 Å². The van der Waals surface area contributed by atoms with Crippen LogP contribution in [0.4, 0.5) is 0 Å². The molecule has 0 heterocycles. The molecule has 1 unspecified atom stereocenters. The van der Waals surface area contributed by atoms with Crippen LogP contribution in [0.15, 0.2) is 29.3 Å². The molecule has 0 radical (unpaired) electrons. The van der Waals surface area contributed by atoms with Crippen molar-refractivity contribution in [3.05, 3.63) is 29.8 Å². The highest BCUT2D eigenvalue weighted by molar-refractivity contribution is 14.0. The van der Waals surface area contributed by atoms with Gasteiger partial charge in [0, 0.05) is 25.2 Å². The molecule has 0 bridgehead atoms. The van der Waals surface area contributed by atoms with Crippen molar-refractivity contribution in [1.29, 1.82) is 0 Å². The minimum Gasteiger partial charge on any atom is -0.491 e. The number of aliphatic hydroxyl groups excluding tert-OH is 1. The molecular formula is C20H37IN4O2. The summed E-state index contributed by atoms with van der Waals surface area (Å²) in [6.07, 6.45) is -0.569. The van der Waals surface area contributed by atoms with Gasteiger partial charge in [-0.15, -0.1) is 24.0 Å². The SMILES string of the molecule is CCNC(=NCC(O)c1cccc(OC(C)C)c1)NCCNC(C)(C)C.I. The van der Waals surface area contributed by atoms with Crippen LogP contribution >= 0.6 is 24.0 Å². The van der Waals surface area contributed by atoms with Crippen molar-refractivity contribution < 1.29 is 9.84 Å². The second-order valence-corrected chi connectivity index (χ2v) is 7.58. The monoisotopic (exact) mass is 492 g/mol. The Balaban J connectivity index is 0.00000676. The Bertz CT molecular complexity index is 559. The zero-order valence-corrected chi connectivity index (χ0v) is 19.8. The number of hydrogen-bond acceptors (Lipinski definition) is 4. The summed E-state index contributed by atoms with van der Waals surface area (Å²) in [5.41, 5.74) is 0.897. The highest BCUT2D eigenvalue weighted by atomic mass is 127. The minimum absolute atomic E-state index is 0. The summed E-state index contributed by atoms with van der Waals surface area (Å²) < 4.78 is 5.68. The predicted molar refractivity (Wildman–Crippen MR) is 124 cm³/mol. The molecule has 0 aliphatic heterocycles. The summed E-state index contributed by atoms with van der Waals surface area (Å²) in [6.45, 7) is 15.1. The van der Waals surface area contributed by atoms with E-state index in [0.29, 0.717) is 5.96 Å². The van der Waals surface area contributed by atoms with E-state index in [9.17, 15) is 5.11 Å². The fraction of sp³-hybridized carbons (Fsp3) is 0.650. The number of benzene rings is 1. The highest BCUT2D eigenvalue weighted by Crippen LogP contribution is 2.20. The van der Waals surface area contributed by atoms with Crippen molar-refractivity contribution in [1.82, 2.24) is 16.0 Å². The molecule has 1 atom stereocenters. The van der Waals surface area contributed by atoms with Crippen LogP contribution in [-0.2, 0) is 0 Å². The first-order valence-corrected chi connectivity index (χ1v) is 9.43. The van der Waals surface area contributed by atoms with Crippen molar-refractivity contribution >= 4 is 29.9 Å². The standard InChI is InChI=1S/C20H36N4O2.HI/c1-7-21-19(22-11-12-24-20(4,5)6)23-14-18(25)16-9-8-10-17(13-16)26-15(2)3;/h8-10,13,15,18,24-25H,7,11-12,14H2,1-6H3,(H2,21,22,23);1H. The number of aliphatic hydroxyl groups is 1. The number of hydrogen-bond donors (Lipinski definition) is 4. The maximum absolute atomic E-state index is 10.4. The van der Waals surface area contributed by atoms with Crippen LogP contribution in [0.3, 0.4) is 0 Å². The Morgan fingerprint density at radius 1 is 1.19 bits per heavy atom.